The highest BCUT2D eigenvalue weighted by Gasteiger charge is 2.12. The highest BCUT2D eigenvalue weighted by molar-refractivity contribution is 6.35. The third kappa shape index (κ3) is 3.27. The minimum atomic E-state index is -1.06. The molecule has 0 unspecified atom stereocenters. The number of benzene rings is 1. The molecule has 1 aromatic carbocycles. The highest BCUT2D eigenvalue weighted by atomic mass is 35.5. The maximum Gasteiger partial charge on any atom is 0.337 e. The van der Waals surface area contributed by atoms with Crippen molar-refractivity contribution in [1.82, 2.24) is 4.98 Å². The number of halogens is 1. The average molecular weight is 291 g/mol. The Balaban J connectivity index is 2.10. The number of hydrogen-bond donors (Lipinski definition) is 2. The van der Waals surface area contributed by atoms with Crippen molar-refractivity contribution in [2.24, 2.45) is 0 Å². The summed E-state index contributed by atoms with van der Waals surface area (Å²) >= 11 is 6.01. The predicted molar refractivity (Wildman–Crippen MR) is 79.4 cm³/mol. The summed E-state index contributed by atoms with van der Waals surface area (Å²) < 4.78 is 0. The Morgan fingerprint density at radius 3 is 2.50 bits per heavy atom. The van der Waals surface area contributed by atoms with Gasteiger partial charge in [0, 0.05) is 12.7 Å². The van der Waals surface area contributed by atoms with Crippen LogP contribution in [-0.2, 0) is 13.0 Å². The van der Waals surface area contributed by atoms with Gasteiger partial charge in [0.2, 0.25) is 0 Å². The van der Waals surface area contributed by atoms with Gasteiger partial charge < -0.3 is 10.4 Å². The summed E-state index contributed by atoms with van der Waals surface area (Å²) in [5, 5.41) is 12.2. The maximum absolute atomic E-state index is 11.0. The second-order valence-corrected chi connectivity index (χ2v) is 4.73. The molecule has 5 heteroatoms. The van der Waals surface area contributed by atoms with E-state index in [-0.39, 0.29) is 10.6 Å². The quantitative estimate of drug-likeness (QED) is 0.883. The topological polar surface area (TPSA) is 62.2 Å². The Labute approximate surface area is 122 Å². The number of carbonyl (C=O) groups is 1. The number of nitrogens with zero attached hydrogens (tertiary/aromatic N) is 1. The van der Waals surface area contributed by atoms with E-state index in [2.05, 4.69) is 29.4 Å². The first-order valence-electron chi connectivity index (χ1n) is 6.31. The number of carboxylic acids is 1. The summed E-state index contributed by atoms with van der Waals surface area (Å²) in [6, 6.07) is 9.58. The standard InChI is InChI=1S/C15H15ClN2O2/c1-2-10-3-5-11(6-4-10)9-18-14-13(16)12(15(19)20)7-8-17-14/h3-8H,2,9H2,1H3,(H,17,18)(H,19,20). The molecule has 2 aromatic rings. The van der Waals surface area contributed by atoms with E-state index in [0.717, 1.165) is 12.0 Å². The Hall–Kier alpha value is -2.07. The van der Waals surface area contributed by atoms with Crippen LogP contribution in [0.4, 0.5) is 5.82 Å². The van der Waals surface area contributed by atoms with E-state index >= 15 is 0 Å². The van der Waals surface area contributed by atoms with Crippen LogP contribution in [0.5, 0.6) is 0 Å². The van der Waals surface area contributed by atoms with Gasteiger partial charge in [0.25, 0.3) is 0 Å². The second kappa shape index (κ2) is 6.39. The zero-order valence-electron chi connectivity index (χ0n) is 11.1. The van der Waals surface area contributed by atoms with Crippen molar-refractivity contribution in [2.75, 3.05) is 5.32 Å². The summed E-state index contributed by atoms with van der Waals surface area (Å²) in [5.41, 5.74) is 2.41. The second-order valence-electron chi connectivity index (χ2n) is 4.35. The molecule has 0 radical (unpaired) electrons. The van der Waals surface area contributed by atoms with E-state index in [1.54, 1.807) is 0 Å². The summed E-state index contributed by atoms with van der Waals surface area (Å²) in [5.74, 6) is -0.682. The highest BCUT2D eigenvalue weighted by Crippen LogP contribution is 2.24. The third-order valence-corrected chi connectivity index (χ3v) is 3.39. The van der Waals surface area contributed by atoms with Gasteiger partial charge in [-0.1, -0.05) is 42.8 Å². The third-order valence-electron chi connectivity index (χ3n) is 3.01. The van der Waals surface area contributed by atoms with Gasteiger partial charge in [-0.25, -0.2) is 9.78 Å². The molecule has 1 heterocycles. The van der Waals surface area contributed by atoms with Crippen LogP contribution in [0.15, 0.2) is 36.5 Å². The molecule has 0 fully saturated rings. The van der Waals surface area contributed by atoms with E-state index in [1.165, 1.54) is 17.8 Å². The molecule has 2 N–H and O–H groups in total. The first-order chi connectivity index (χ1) is 9.61. The van der Waals surface area contributed by atoms with Crippen LogP contribution in [0, 0.1) is 0 Å². The zero-order valence-corrected chi connectivity index (χ0v) is 11.8. The lowest BCUT2D eigenvalue weighted by Crippen LogP contribution is -2.05. The van der Waals surface area contributed by atoms with Crippen molar-refractivity contribution in [2.45, 2.75) is 19.9 Å². The van der Waals surface area contributed by atoms with Gasteiger partial charge in [0.05, 0.1) is 10.6 Å². The Bertz CT molecular complexity index is 612. The fraction of sp³-hybridized carbons (Fsp3) is 0.200. The van der Waals surface area contributed by atoms with E-state index in [4.69, 9.17) is 16.7 Å². The van der Waals surface area contributed by atoms with Gasteiger partial charge in [0.15, 0.2) is 0 Å². The number of anilines is 1. The molecule has 0 bridgehead atoms. The van der Waals surface area contributed by atoms with Crippen LogP contribution in [0.25, 0.3) is 0 Å². The number of carboxylic acid groups (broad SMARTS) is 1. The Kier molecular flexibility index (Phi) is 4.58. The van der Waals surface area contributed by atoms with E-state index in [1.807, 2.05) is 12.1 Å². The molecular formula is C15H15ClN2O2. The lowest BCUT2D eigenvalue weighted by molar-refractivity contribution is 0.0697. The van der Waals surface area contributed by atoms with E-state index in [9.17, 15) is 4.79 Å². The van der Waals surface area contributed by atoms with Gasteiger partial charge in [-0.05, 0) is 23.6 Å². The normalized spacial score (nSPS) is 10.3. The van der Waals surface area contributed by atoms with Crippen LogP contribution in [0.3, 0.4) is 0 Å². The van der Waals surface area contributed by atoms with E-state index < -0.39 is 5.97 Å². The monoisotopic (exact) mass is 290 g/mol. The van der Waals surface area contributed by atoms with Crippen LogP contribution in [0.1, 0.15) is 28.4 Å². The first-order valence-corrected chi connectivity index (χ1v) is 6.69. The molecule has 0 saturated heterocycles. The molecule has 0 aliphatic rings. The van der Waals surface area contributed by atoms with Crippen molar-refractivity contribution < 1.29 is 9.90 Å². The summed E-state index contributed by atoms with van der Waals surface area (Å²) in [6.45, 7) is 2.65. The van der Waals surface area contributed by atoms with Crippen molar-refractivity contribution in [1.29, 1.82) is 0 Å². The smallest absolute Gasteiger partial charge is 0.337 e. The molecule has 0 aliphatic carbocycles. The SMILES string of the molecule is CCc1ccc(CNc2nccc(C(=O)O)c2Cl)cc1. The molecule has 0 atom stereocenters. The van der Waals surface area contributed by atoms with Gasteiger partial charge in [0.1, 0.15) is 5.82 Å². The molecule has 0 spiro atoms. The summed E-state index contributed by atoms with van der Waals surface area (Å²) in [4.78, 5) is 15.0. The lowest BCUT2D eigenvalue weighted by Gasteiger charge is -2.09. The molecule has 0 aliphatic heterocycles. The van der Waals surface area contributed by atoms with Crippen LogP contribution in [-0.4, -0.2) is 16.1 Å². The van der Waals surface area contributed by atoms with Crippen molar-refractivity contribution in [3.05, 3.63) is 58.2 Å². The van der Waals surface area contributed by atoms with Gasteiger partial charge in [-0.3, -0.25) is 0 Å². The number of aryl methyl sites for hydroxylation is 1. The van der Waals surface area contributed by atoms with Crippen molar-refractivity contribution in [3.8, 4) is 0 Å². The van der Waals surface area contributed by atoms with Crippen molar-refractivity contribution in [3.63, 3.8) is 0 Å². The molecular weight excluding hydrogens is 276 g/mol. The van der Waals surface area contributed by atoms with Gasteiger partial charge in [-0.15, -0.1) is 0 Å². The van der Waals surface area contributed by atoms with Crippen LogP contribution >= 0.6 is 11.6 Å². The Morgan fingerprint density at radius 2 is 1.90 bits per heavy atom. The number of rotatable bonds is 5. The molecule has 0 amide bonds. The number of hydrogen-bond acceptors (Lipinski definition) is 3. The van der Waals surface area contributed by atoms with Gasteiger partial charge >= 0.3 is 5.97 Å². The molecule has 104 valence electrons. The van der Waals surface area contributed by atoms with Crippen LogP contribution < -0.4 is 5.32 Å². The molecule has 2 rings (SSSR count). The average Bonchev–Trinajstić information content (AvgIpc) is 2.46. The van der Waals surface area contributed by atoms with Crippen LogP contribution in [0.2, 0.25) is 5.02 Å². The first kappa shape index (κ1) is 14.3. The number of aromatic carboxylic acids is 1. The Morgan fingerprint density at radius 1 is 1.25 bits per heavy atom. The zero-order chi connectivity index (χ0) is 14.5. The fourth-order valence-electron chi connectivity index (χ4n) is 1.81. The number of aromatic nitrogens is 1. The predicted octanol–water partition coefficient (Wildman–Crippen LogP) is 3.61. The summed E-state index contributed by atoms with van der Waals surface area (Å²) in [7, 11) is 0. The molecule has 20 heavy (non-hydrogen) atoms. The summed E-state index contributed by atoms with van der Waals surface area (Å²) in [6.07, 6.45) is 2.43. The van der Waals surface area contributed by atoms with Crippen molar-refractivity contribution >= 4 is 23.4 Å². The minimum absolute atomic E-state index is 0.0468. The molecule has 4 nitrogen and oxygen atoms in total. The lowest BCUT2D eigenvalue weighted by atomic mass is 10.1. The van der Waals surface area contributed by atoms with Gasteiger partial charge in [-0.2, -0.15) is 0 Å². The maximum atomic E-state index is 11.0. The fourth-order valence-corrected chi connectivity index (χ4v) is 2.07. The molecule has 1 aromatic heterocycles. The number of pyridine rings is 1. The minimum Gasteiger partial charge on any atom is -0.478 e. The van der Waals surface area contributed by atoms with E-state index in [0.29, 0.717) is 12.4 Å². The number of nitrogens with one attached hydrogen (secondary N) is 1. The largest absolute Gasteiger partial charge is 0.478 e. The molecule has 0 saturated carbocycles.